The molecule has 0 bridgehead atoms. The third-order valence-corrected chi connectivity index (χ3v) is 6.40. The van der Waals surface area contributed by atoms with Gasteiger partial charge in [0.2, 0.25) is 11.8 Å². The van der Waals surface area contributed by atoms with Gasteiger partial charge in [-0.1, -0.05) is 47.5 Å². The Morgan fingerprint density at radius 2 is 1.92 bits per heavy atom. The Morgan fingerprint density at radius 3 is 2.70 bits per heavy atom. The van der Waals surface area contributed by atoms with E-state index >= 15 is 0 Å². The minimum Gasteiger partial charge on any atom is -0.487 e. The van der Waals surface area contributed by atoms with Crippen LogP contribution in [0, 0.1) is 6.92 Å². The van der Waals surface area contributed by atoms with E-state index in [4.69, 9.17) is 27.9 Å². The number of halogens is 2. The highest BCUT2D eigenvalue weighted by atomic mass is 35.5. The van der Waals surface area contributed by atoms with Crippen LogP contribution in [-0.4, -0.2) is 35.4 Å². The van der Waals surface area contributed by atoms with Gasteiger partial charge in [-0.2, -0.15) is 0 Å². The Hall–Kier alpha value is -3.94. The molecular formula is C28H24Cl2N4O3. The zero-order valence-corrected chi connectivity index (χ0v) is 21.8. The summed E-state index contributed by atoms with van der Waals surface area (Å²) in [7, 11) is 1.58. The number of hydrogen-bond acceptors (Lipinski definition) is 5. The molecule has 37 heavy (non-hydrogen) atoms. The Morgan fingerprint density at radius 1 is 1.08 bits per heavy atom. The van der Waals surface area contributed by atoms with Crippen LogP contribution in [0.5, 0.6) is 5.75 Å². The van der Waals surface area contributed by atoms with Crippen LogP contribution < -0.4 is 15.0 Å². The van der Waals surface area contributed by atoms with Crippen LogP contribution in [0.25, 0.3) is 17.0 Å². The van der Waals surface area contributed by atoms with E-state index in [1.54, 1.807) is 43.7 Å². The Balaban J connectivity index is 1.43. The summed E-state index contributed by atoms with van der Waals surface area (Å²) < 4.78 is 6.06. The summed E-state index contributed by atoms with van der Waals surface area (Å²) >= 11 is 13.1. The van der Waals surface area contributed by atoms with Crippen molar-refractivity contribution in [3.05, 3.63) is 99.9 Å². The summed E-state index contributed by atoms with van der Waals surface area (Å²) in [6.07, 6.45) is 6.24. The first-order chi connectivity index (χ1) is 17.8. The molecule has 2 aromatic carbocycles. The number of aromatic nitrogens is 2. The molecule has 0 spiro atoms. The summed E-state index contributed by atoms with van der Waals surface area (Å²) in [6.45, 7) is 1.79. The first-order valence-electron chi connectivity index (χ1n) is 11.4. The number of pyridine rings is 2. The number of hydrogen-bond donors (Lipinski definition) is 1. The molecule has 0 atom stereocenters. The van der Waals surface area contributed by atoms with Gasteiger partial charge >= 0.3 is 0 Å². The molecule has 0 radical (unpaired) electrons. The van der Waals surface area contributed by atoms with Gasteiger partial charge in [0.15, 0.2) is 0 Å². The van der Waals surface area contributed by atoms with Crippen LogP contribution in [0.2, 0.25) is 10.0 Å². The van der Waals surface area contributed by atoms with Gasteiger partial charge in [-0.25, -0.2) is 4.98 Å². The lowest BCUT2D eigenvalue weighted by molar-refractivity contribution is -0.122. The van der Waals surface area contributed by atoms with Crippen molar-refractivity contribution in [3.8, 4) is 5.75 Å². The second-order valence-corrected chi connectivity index (χ2v) is 9.00. The predicted molar refractivity (Wildman–Crippen MR) is 147 cm³/mol. The van der Waals surface area contributed by atoms with Crippen molar-refractivity contribution in [2.75, 3.05) is 18.5 Å². The van der Waals surface area contributed by atoms with E-state index in [1.807, 2.05) is 43.3 Å². The van der Waals surface area contributed by atoms with Crippen LogP contribution in [0.3, 0.4) is 0 Å². The van der Waals surface area contributed by atoms with Gasteiger partial charge < -0.3 is 15.0 Å². The lowest BCUT2D eigenvalue weighted by atomic mass is 10.1. The summed E-state index contributed by atoms with van der Waals surface area (Å²) in [5.74, 6) is -0.154. The van der Waals surface area contributed by atoms with Gasteiger partial charge in [0, 0.05) is 47.2 Å². The van der Waals surface area contributed by atoms with E-state index in [2.05, 4.69) is 15.3 Å². The number of amides is 2. The molecule has 2 heterocycles. The third-order valence-electron chi connectivity index (χ3n) is 5.62. The van der Waals surface area contributed by atoms with Gasteiger partial charge in [-0.05, 0) is 48.9 Å². The highest BCUT2D eigenvalue weighted by Gasteiger charge is 2.19. The van der Waals surface area contributed by atoms with Crippen molar-refractivity contribution in [1.82, 2.24) is 15.3 Å². The number of anilines is 1. The molecule has 1 N–H and O–H groups in total. The lowest BCUT2D eigenvalue weighted by Crippen LogP contribution is -2.37. The monoisotopic (exact) mass is 534 g/mol. The number of carbonyl (C=O) groups excluding carboxylic acids is 2. The summed E-state index contributed by atoms with van der Waals surface area (Å²) in [5.41, 5.74) is 3.38. The molecule has 0 aliphatic rings. The average molecular weight is 535 g/mol. The quantitative estimate of drug-likeness (QED) is 0.296. The van der Waals surface area contributed by atoms with Crippen molar-refractivity contribution in [2.24, 2.45) is 0 Å². The zero-order valence-electron chi connectivity index (χ0n) is 20.2. The number of ether oxygens (including phenoxy) is 1. The summed E-state index contributed by atoms with van der Waals surface area (Å²) in [6, 6.07) is 16.5. The van der Waals surface area contributed by atoms with Crippen molar-refractivity contribution < 1.29 is 14.3 Å². The third kappa shape index (κ3) is 6.44. The molecule has 0 aliphatic carbocycles. The smallest absolute Gasteiger partial charge is 0.246 e. The maximum atomic E-state index is 12.8. The molecule has 188 valence electrons. The van der Waals surface area contributed by atoms with Gasteiger partial charge in [0.25, 0.3) is 0 Å². The van der Waals surface area contributed by atoms with Gasteiger partial charge in [0.05, 0.1) is 17.3 Å². The number of benzene rings is 2. The van der Waals surface area contributed by atoms with Gasteiger partial charge in [0.1, 0.15) is 17.9 Å². The number of rotatable bonds is 8. The minimum atomic E-state index is -0.402. The standard InChI is InChI=1S/C28H24Cl2N4O3/c1-18-8-10-20-6-3-7-24(28(20)33-18)37-17-21-22(29)11-12-23(27(21)30)34(2)26(36)16-32-25(35)13-9-19-5-4-14-31-15-19/h3-15H,16-17H2,1-2H3,(H,32,35)/b13-9+. The molecule has 9 heteroatoms. The van der Waals surface area contributed by atoms with E-state index < -0.39 is 5.91 Å². The molecule has 4 aromatic rings. The van der Waals surface area contributed by atoms with Crippen molar-refractivity contribution in [1.29, 1.82) is 0 Å². The second-order valence-electron chi connectivity index (χ2n) is 8.22. The fourth-order valence-corrected chi connectivity index (χ4v) is 4.19. The first-order valence-corrected chi connectivity index (χ1v) is 12.2. The fraction of sp³-hybridized carbons (Fsp3) is 0.143. The predicted octanol–water partition coefficient (Wildman–Crippen LogP) is 5.62. The number of aryl methyl sites for hydroxylation is 1. The molecule has 0 unspecified atom stereocenters. The molecule has 0 saturated carbocycles. The molecule has 0 aliphatic heterocycles. The second kappa shape index (κ2) is 11.9. The largest absolute Gasteiger partial charge is 0.487 e. The maximum Gasteiger partial charge on any atom is 0.246 e. The van der Waals surface area contributed by atoms with E-state index in [0.29, 0.717) is 22.0 Å². The maximum absolute atomic E-state index is 12.8. The van der Waals surface area contributed by atoms with Crippen molar-refractivity contribution in [2.45, 2.75) is 13.5 Å². The average Bonchev–Trinajstić information content (AvgIpc) is 2.90. The normalized spacial score (nSPS) is 11.0. The molecule has 7 nitrogen and oxygen atoms in total. The van der Waals surface area contributed by atoms with E-state index in [9.17, 15) is 9.59 Å². The Labute approximate surface area is 224 Å². The van der Waals surface area contributed by atoms with Crippen molar-refractivity contribution in [3.63, 3.8) is 0 Å². The molecule has 0 saturated heterocycles. The molecule has 2 aromatic heterocycles. The number of carbonyl (C=O) groups is 2. The van der Waals surface area contributed by atoms with Crippen LogP contribution >= 0.6 is 23.2 Å². The van der Waals surface area contributed by atoms with Crippen LogP contribution in [0.15, 0.2) is 73.1 Å². The fourth-order valence-electron chi connectivity index (χ4n) is 3.58. The molecule has 4 rings (SSSR count). The van der Waals surface area contributed by atoms with Gasteiger partial charge in [-0.15, -0.1) is 0 Å². The highest BCUT2D eigenvalue weighted by molar-refractivity contribution is 6.38. The summed E-state index contributed by atoms with van der Waals surface area (Å²) in [4.78, 5) is 34.8. The highest BCUT2D eigenvalue weighted by Crippen LogP contribution is 2.35. The minimum absolute atomic E-state index is 0.0815. The van der Waals surface area contributed by atoms with Crippen LogP contribution in [0.1, 0.15) is 16.8 Å². The topological polar surface area (TPSA) is 84.4 Å². The SMILES string of the molecule is Cc1ccc2cccc(OCc3c(Cl)ccc(N(C)C(=O)CNC(=O)/C=C/c4cccnc4)c3Cl)c2n1. The van der Waals surface area contributed by atoms with Crippen LogP contribution in [-0.2, 0) is 16.2 Å². The molecule has 0 fully saturated rings. The number of nitrogens with one attached hydrogen (secondary N) is 1. The Kier molecular flexibility index (Phi) is 8.38. The van der Waals surface area contributed by atoms with E-state index in [0.717, 1.165) is 22.2 Å². The first kappa shape index (κ1) is 26.1. The van der Waals surface area contributed by atoms with E-state index in [1.165, 1.54) is 11.0 Å². The van der Waals surface area contributed by atoms with Crippen molar-refractivity contribution >= 4 is 57.7 Å². The zero-order chi connectivity index (χ0) is 26.4. The van der Waals surface area contributed by atoms with Crippen LogP contribution in [0.4, 0.5) is 5.69 Å². The number of likely N-dealkylation sites (N-methyl/N-ethyl adjacent to an activating group) is 1. The Bertz CT molecular complexity index is 1480. The number of fused-ring (bicyclic) bond motifs is 1. The number of nitrogens with zero attached hydrogens (tertiary/aromatic N) is 3. The van der Waals surface area contributed by atoms with Gasteiger partial charge in [-0.3, -0.25) is 14.6 Å². The molecule has 2 amide bonds. The number of para-hydroxylation sites is 1. The summed E-state index contributed by atoms with van der Waals surface area (Å²) in [5, 5.41) is 4.23. The van der Waals surface area contributed by atoms with E-state index in [-0.39, 0.29) is 24.1 Å². The molecular weight excluding hydrogens is 511 g/mol. The lowest BCUT2D eigenvalue weighted by Gasteiger charge is -2.21.